The molecule has 13 heavy (non-hydrogen) atoms. The number of hydrogen-bond donors (Lipinski definition) is 2. The Bertz CT molecular complexity index is 295. The van der Waals surface area contributed by atoms with Crippen LogP contribution in [0.1, 0.15) is 26.2 Å². The Kier molecular flexibility index (Phi) is 4.02. The minimum Gasteiger partial charge on any atom is -0.365 e. The molecule has 0 radical (unpaired) electrons. The van der Waals surface area contributed by atoms with Crippen LogP contribution < -0.4 is 10.9 Å². The molecule has 0 aliphatic carbocycles. The first-order chi connectivity index (χ1) is 6.34. The van der Waals surface area contributed by atoms with Gasteiger partial charge in [-0.3, -0.25) is 4.79 Å². The first-order valence-electron chi connectivity index (χ1n) is 4.62. The molecule has 0 aliphatic rings. The van der Waals surface area contributed by atoms with Gasteiger partial charge >= 0.3 is 0 Å². The highest BCUT2D eigenvalue weighted by Gasteiger charge is 1.96. The summed E-state index contributed by atoms with van der Waals surface area (Å²) in [5.74, 6) is 0.415. The number of unbranched alkanes of at least 4 members (excludes halogenated alkanes) is 2. The molecular formula is C9H15N3O. The average molecular weight is 181 g/mol. The van der Waals surface area contributed by atoms with Crippen LogP contribution in [0.4, 0.5) is 5.82 Å². The summed E-state index contributed by atoms with van der Waals surface area (Å²) in [5, 5.41) is 2.99. The summed E-state index contributed by atoms with van der Waals surface area (Å²) < 4.78 is 0. The van der Waals surface area contributed by atoms with Gasteiger partial charge in [0.1, 0.15) is 0 Å². The lowest BCUT2D eigenvalue weighted by atomic mass is 10.2. The van der Waals surface area contributed by atoms with Crippen LogP contribution in [0.2, 0.25) is 0 Å². The molecule has 0 aromatic carbocycles. The lowest BCUT2D eigenvalue weighted by Gasteiger charge is -2.02. The SMILES string of the molecule is CCCCCNc1ncc[nH]c1=O. The Morgan fingerprint density at radius 1 is 1.54 bits per heavy atom. The topological polar surface area (TPSA) is 57.8 Å². The highest BCUT2D eigenvalue weighted by atomic mass is 16.1. The van der Waals surface area contributed by atoms with Crippen LogP contribution in [-0.2, 0) is 0 Å². The number of aromatic nitrogens is 2. The van der Waals surface area contributed by atoms with Gasteiger partial charge in [-0.25, -0.2) is 4.98 Å². The molecule has 1 aromatic rings. The van der Waals surface area contributed by atoms with Crippen molar-refractivity contribution >= 4 is 5.82 Å². The molecule has 0 atom stereocenters. The van der Waals surface area contributed by atoms with Crippen LogP contribution in [-0.4, -0.2) is 16.5 Å². The lowest BCUT2D eigenvalue weighted by molar-refractivity contribution is 0.741. The summed E-state index contributed by atoms with van der Waals surface area (Å²) in [4.78, 5) is 17.6. The maximum Gasteiger partial charge on any atom is 0.290 e. The molecule has 0 aliphatic heterocycles. The van der Waals surface area contributed by atoms with Gasteiger partial charge in [-0.05, 0) is 6.42 Å². The zero-order valence-electron chi connectivity index (χ0n) is 7.84. The Labute approximate surface area is 77.4 Å². The average Bonchev–Trinajstić information content (AvgIpc) is 2.15. The van der Waals surface area contributed by atoms with E-state index in [1.165, 1.54) is 19.0 Å². The highest BCUT2D eigenvalue weighted by Crippen LogP contribution is 1.95. The molecule has 0 saturated heterocycles. The fourth-order valence-electron chi connectivity index (χ4n) is 1.06. The molecule has 0 saturated carbocycles. The minimum atomic E-state index is -0.154. The van der Waals surface area contributed by atoms with E-state index in [1.807, 2.05) is 0 Å². The summed E-state index contributed by atoms with van der Waals surface area (Å²) >= 11 is 0. The molecule has 4 heteroatoms. The molecule has 0 fully saturated rings. The van der Waals surface area contributed by atoms with E-state index in [0.717, 1.165) is 13.0 Å². The summed E-state index contributed by atoms with van der Waals surface area (Å²) in [5.41, 5.74) is -0.154. The number of hydrogen-bond acceptors (Lipinski definition) is 3. The van der Waals surface area contributed by atoms with Gasteiger partial charge in [0.2, 0.25) is 0 Å². The van der Waals surface area contributed by atoms with Crippen LogP contribution in [0, 0.1) is 0 Å². The van der Waals surface area contributed by atoms with Gasteiger partial charge in [-0.2, -0.15) is 0 Å². The van der Waals surface area contributed by atoms with E-state index in [4.69, 9.17) is 0 Å². The third-order valence-corrected chi connectivity index (χ3v) is 1.78. The van der Waals surface area contributed by atoms with Crippen LogP contribution in [0.3, 0.4) is 0 Å². The van der Waals surface area contributed by atoms with Crippen LogP contribution in [0.25, 0.3) is 0 Å². The molecule has 4 nitrogen and oxygen atoms in total. The molecule has 1 heterocycles. The highest BCUT2D eigenvalue weighted by molar-refractivity contribution is 5.29. The molecule has 72 valence electrons. The third-order valence-electron chi connectivity index (χ3n) is 1.78. The molecule has 0 bridgehead atoms. The summed E-state index contributed by atoms with van der Waals surface area (Å²) in [6.07, 6.45) is 6.54. The van der Waals surface area contributed by atoms with Crippen LogP contribution in [0.5, 0.6) is 0 Å². The Balaban J connectivity index is 2.37. The van der Waals surface area contributed by atoms with Crippen LogP contribution in [0.15, 0.2) is 17.2 Å². The molecule has 1 aromatic heterocycles. The standard InChI is InChI=1S/C9H15N3O/c1-2-3-4-5-10-8-9(13)12-7-6-11-8/h6-7H,2-5H2,1H3,(H,10,11)(H,12,13). The molecule has 0 unspecified atom stereocenters. The van der Waals surface area contributed by atoms with Crippen molar-refractivity contribution in [3.05, 3.63) is 22.7 Å². The quantitative estimate of drug-likeness (QED) is 0.674. The number of anilines is 1. The predicted molar refractivity (Wildman–Crippen MR) is 52.9 cm³/mol. The number of nitrogens with zero attached hydrogens (tertiary/aromatic N) is 1. The van der Waals surface area contributed by atoms with Crippen molar-refractivity contribution in [3.8, 4) is 0 Å². The zero-order chi connectivity index (χ0) is 9.52. The van der Waals surface area contributed by atoms with Crippen molar-refractivity contribution in [1.29, 1.82) is 0 Å². The van der Waals surface area contributed by atoms with E-state index >= 15 is 0 Å². The van der Waals surface area contributed by atoms with Crippen molar-refractivity contribution in [3.63, 3.8) is 0 Å². The second-order valence-corrected chi connectivity index (χ2v) is 2.90. The first-order valence-corrected chi connectivity index (χ1v) is 4.62. The Hall–Kier alpha value is -1.32. The van der Waals surface area contributed by atoms with Gasteiger partial charge in [0.15, 0.2) is 5.82 Å². The number of nitrogens with one attached hydrogen (secondary N) is 2. The third kappa shape index (κ3) is 3.27. The monoisotopic (exact) mass is 181 g/mol. The maximum atomic E-state index is 11.1. The normalized spacial score (nSPS) is 9.92. The fourth-order valence-corrected chi connectivity index (χ4v) is 1.06. The fraction of sp³-hybridized carbons (Fsp3) is 0.556. The summed E-state index contributed by atoms with van der Waals surface area (Å²) in [6.45, 7) is 2.96. The number of rotatable bonds is 5. The van der Waals surface area contributed by atoms with Gasteiger partial charge in [0.05, 0.1) is 0 Å². The van der Waals surface area contributed by atoms with Gasteiger partial charge in [-0.15, -0.1) is 0 Å². The molecular weight excluding hydrogens is 166 g/mol. The molecule has 2 N–H and O–H groups in total. The maximum absolute atomic E-state index is 11.1. The first kappa shape index (κ1) is 9.77. The van der Waals surface area contributed by atoms with Crippen molar-refractivity contribution in [2.24, 2.45) is 0 Å². The van der Waals surface area contributed by atoms with Crippen molar-refractivity contribution in [2.45, 2.75) is 26.2 Å². The minimum absolute atomic E-state index is 0.154. The second kappa shape index (κ2) is 5.35. The van der Waals surface area contributed by atoms with Gasteiger partial charge in [-0.1, -0.05) is 19.8 Å². The predicted octanol–water partition coefficient (Wildman–Crippen LogP) is 1.37. The largest absolute Gasteiger partial charge is 0.365 e. The van der Waals surface area contributed by atoms with Crippen molar-refractivity contribution in [2.75, 3.05) is 11.9 Å². The van der Waals surface area contributed by atoms with Gasteiger partial charge in [0, 0.05) is 18.9 Å². The lowest BCUT2D eigenvalue weighted by Crippen LogP contribution is -2.15. The van der Waals surface area contributed by atoms with Crippen molar-refractivity contribution in [1.82, 2.24) is 9.97 Å². The zero-order valence-corrected chi connectivity index (χ0v) is 7.84. The Morgan fingerprint density at radius 2 is 2.38 bits per heavy atom. The molecule has 0 amide bonds. The van der Waals surface area contributed by atoms with Gasteiger partial charge in [0.25, 0.3) is 5.56 Å². The van der Waals surface area contributed by atoms with E-state index in [0.29, 0.717) is 5.82 Å². The van der Waals surface area contributed by atoms with Gasteiger partial charge < -0.3 is 10.3 Å². The second-order valence-electron chi connectivity index (χ2n) is 2.90. The summed E-state index contributed by atoms with van der Waals surface area (Å²) in [6, 6.07) is 0. The van der Waals surface area contributed by atoms with E-state index in [-0.39, 0.29) is 5.56 Å². The number of H-pyrrole nitrogens is 1. The van der Waals surface area contributed by atoms with E-state index in [1.54, 1.807) is 6.20 Å². The molecule has 1 rings (SSSR count). The smallest absolute Gasteiger partial charge is 0.290 e. The van der Waals surface area contributed by atoms with Crippen molar-refractivity contribution < 1.29 is 0 Å². The summed E-state index contributed by atoms with van der Waals surface area (Å²) in [7, 11) is 0. The molecule has 0 spiro atoms. The number of aromatic amines is 1. The van der Waals surface area contributed by atoms with E-state index < -0.39 is 0 Å². The van der Waals surface area contributed by atoms with E-state index in [9.17, 15) is 4.79 Å². The Morgan fingerprint density at radius 3 is 3.08 bits per heavy atom. The van der Waals surface area contributed by atoms with Crippen LogP contribution >= 0.6 is 0 Å². The van der Waals surface area contributed by atoms with E-state index in [2.05, 4.69) is 22.2 Å².